The number of carbonyl (C=O) groups excluding carboxylic acids is 1. The second-order valence-corrected chi connectivity index (χ2v) is 5.59. The third kappa shape index (κ3) is 2.81. The van der Waals surface area contributed by atoms with E-state index < -0.39 is 0 Å². The Balaban J connectivity index is 2.13. The summed E-state index contributed by atoms with van der Waals surface area (Å²) in [5, 5.41) is 0. The largest absolute Gasteiger partial charge is 0.302 e. The van der Waals surface area contributed by atoms with Crippen LogP contribution >= 0.6 is 0 Å². The van der Waals surface area contributed by atoms with E-state index in [9.17, 15) is 4.79 Å². The number of nitrogens with zero attached hydrogens (tertiary/aromatic N) is 1. The van der Waals surface area contributed by atoms with E-state index in [1.54, 1.807) is 0 Å². The van der Waals surface area contributed by atoms with Gasteiger partial charge in [0.1, 0.15) is 0 Å². The highest BCUT2D eigenvalue weighted by molar-refractivity contribution is 6.00. The molecule has 1 aliphatic rings. The minimum atomic E-state index is -0.244. The number of likely N-dealkylation sites (tertiary alicyclic amines) is 1. The summed E-state index contributed by atoms with van der Waals surface area (Å²) in [6.45, 7) is 7.43. The molecule has 0 aliphatic carbocycles. The molecule has 0 aromatic heterocycles. The Labute approximate surface area is 110 Å². The number of rotatable bonds is 5. The first-order valence-corrected chi connectivity index (χ1v) is 6.98. The van der Waals surface area contributed by atoms with Crippen molar-refractivity contribution in [1.82, 2.24) is 4.90 Å². The minimum absolute atomic E-state index is 0.244. The Bertz CT molecular complexity index is 395. The third-order valence-electron chi connectivity index (χ3n) is 4.14. The summed E-state index contributed by atoms with van der Waals surface area (Å²) in [6.07, 6.45) is 3.45. The topological polar surface area (TPSA) is 20.3 Å². The van der Waals surface area contributed by atoms with Crippen LogP contribution in [-0.2, 0) is 0 Å². The van der Waals surface area contributed by atoms with Gasteiger partial charge in [-0.3, -0.25) is 4.79 Å². The van der Waals surface area contributed by atoms with E-state index in [4.69, 9.17) is 0 Å². The van der Waals surface area contributed by atoms with Gasteiger partial charge in [0.2, 0.25) is 0 Å². The molecule has 0 N–H and O–H groups in total. The average molecular weight is 245 g/mol. The van der Waals surface area contributed by atoms with Crippen LogP contribution in [0.5, 0.6) is 0 Å². The maximum Gasteiger partial charge on any atom is 0.169 e. The van der Waals surface area contributed by atoms with E-state index in [0.29, 0.717) is 0 Å². The molecule has 1 heterocycles. The zero-order chi connectivity index (χ0) is 13.0. The predicted octanol–water partition coefficient (Wildman–Crippen LogP) is 3.38. The number of hydrogen-bond acceptors (Lipinski definition) is 2. The molecule has 0 bridgehead atoms. The van der Waals surface area contributed by atoms with E-state index in [1.807, 2.05) is 30.3 Å². The minimum Gasteiger partial charge on any atom is -0.302 e. The SMILES string of the molecule is CCC(C)(CN1CCCC1)C(=O)c1ccccc1. The molecule has 1 saturated heterocycles. The molecule has 1 aliphatic heterocycles. The Morgan fingerprint density at radius 2 is 1.83 bits per heavy atom. The highest BCUT2D eigenvalue weighted by Gasteiger charge is 2.34. The molecule has 98 valence electrons. The molecule has 0 radical (unpaired) electrons. The monoisotopic (exact) mass is 245 g/mol. The lowest BCUT2D eigenvalue weighted by Crippen LogP contribution is -2.39. The zero-order valence-corrected chi connectivity index (χ0v) is 11.5. The van der Waals surface area contributed by atoms with Gasteiger partial charge in [0.05, 0.1) is 0 Å². The molecule has 0 spiro atoms. The van der Waals surface area contributed by atoms with Gasteiger partial charge >= 0.3 is 0 Å². The van der Waals surface area contributed by atoms with Crippen molar-refractivity contribution < 1.29 is 4.79 Å². The van der Waals surface area contributed by atoms with Crippen molar-refractivity contribution in [2.45, 2.75) is 33.1 Å². The number of Topliss-reactive ketones (excluding diaryl/α,β-unsaturated/α-hetero) is 1. The fraction of sp³-hybridized carbons (Fsp3) is 0.562. The molecule has 1 fully saturated rings. The molecule has 1 atom stereocenters. The van der Waals surface area contributed by atoms with Gasteiger partial charge in [-0.25, -0.2) is 0 Å². The third-order valence-corrected chi connectivity index (χ3v) is 4.14. The molecule has 18 heavy (non-hydrogen) atoms. The molecule has 0 amide bonds. The van der Waals surface area contributed by atoms with E-state index >= 15 is 0 Å². The molecule has 1 unspecified atom stereocenters. The van der Waals surface area contributed by atoms with Crippen LogP contribution in [0.1, 0.15) is 43.5 Å². The number of carbonyl (C=O) groups is 1. The summed E-state index contributed by atoms with van der Waals surface area (Å²) in [6, 6.07) is 9.71. The van der Waals surface area contributed by atoms with Crippen molar-refractivity contribution in [1.29, 1.82) is 0 Å². The average Bonchev–Trinajstić information content (AvgIpc) is 2.91. The normalized spacial score (nSPS) is 19.7. The Kier molecular flexibility index (Phi) is 4.18. The lowest BCUT2D eigenvalue weighted by atomic mass is 9.79. The van der Waals surface area contributed by atoms with Gasteiger partial charge in [0, 0.05) is 17.5 Å². The Morgan fingerprint density at radius 1 is 1.22 bits per heavy atom. The lowest BCUT2D eigenvalue weighted by Gasteiger charge is -2.31. The standard InChI is InChI=1S/C16H23NO/c1-3-16(2,13-17-11-7-8-12-17)15(18)14-9-5-4-6-10-14/h4-6,9-10H,3,7-8,11-13H2,1-2H3. The Hall–Kier alpha value is -1.15. The predicted molar refractivity (Wildman–Crippen MR) is 74.8 cm³/mol. The van der Waals surface area contributed by atoms with Gasteiger partial charge in [0.25, 0.3) is 0 Å². The maximum atomic E-state index is 12.7. The van der Waals surface area contributed by atoms with Gasteiger partial charge in [-0.1, -0.05) is 44.2 Å². The van der Waals surface area contributed by atoms with Crippen LogP contribution in [0.4, 0.5) is 0 Å². The van der Waals surface area contributed by atoms with Crippen LogP contribution in [0.25, 0.3) is 0 Å². The summed E-state index contributed by atoms with van der Waals surface area (Å²) < 4.78 is 0. The van der Waals surface area contributed by atoms with Gasteiger partial charge in [-0.2, -0.15) is 0 Å². The van der Waals surface area contributed by atoms with E-state index in [2.05, 4.69) is 18.7 Å². The van der Waals surface area contributed by atoms with E-state index in [-0.39, 0.29) is 11.2 Å². The molecular formula is C16H23NO. The smallest absolute Gasteiger partial charge is 0.169 e. The zero-order valence-electron chi connectivity index (χ0n) is 11.5. The lowest BCUT2D eigenvalue weighted by molar-refractivity contribution is 0.0743. The highest BCUT2D eigenvalue weighted by Crippen LogP contribution is 2.29. The van der Waals surface area contributed by atoms with E-state index in [1.165, 1.54) is 12.8 Å². The molecule has 1 aromatic rings. The number of hydrogen-bond donors (Lipinski definition) is 0. The van der Waals surface area contributed by atoms with Crippen molar-refractivity contribution in [2.24, 2.45) is 5.41 Å². The highest BCUT2D eigenvalue weighted by atomic mass is 16.1. The first-order valence-electron chi connectivity index (χ1n) is 6.98. The van der Waals surface area contributed by atoms with Crippen molar-refractivity contribution in [3.8, 4) is 0 Å². The van der Waals surface area contributed by atoms with Gasteiger partial charge in [0.15, 0.2) is 5.78 Å². The fourth-order valence-corrected chi connectivity index (χ4v) is 2.72. The van der Waals surface area contributed by atoms with Crippen LogP contribution in [-0.4, -0.2) is 30.3 Å². The van der Waals surface area contributed by atoms with Crippen LogP contribution in [0.15, 0.2) is 30.3 Å². The van der Waals surface area contributed by atoms with Crippen LogP contribution in [0, 0.1) is 5.41 Å². The molecule has 2 heteroatoms. The van der Waals surface area contributed by atoms with Crippen LogP contribution in [0.3, 0.4) is 0 Å². The van der Waals surface area contributed by atoms with Crippen LogP contribution < -0.4 is 0 Å². The van der Waals surface area contributed by atoms with Crippen LogP contribution in [0.2, 0.25) is 0 Å². The summed E-state index contributed by atoms with van der Waals surface area (Å²) in [4.78, 5) is 15.1. The number of ketones is 1. The number of benzene rings is 1. The molecule has 1 aromatic carbocycles. The maximum absolute atomic E-state index is 12.7. The molecule has 2 rings (SSSR count). The summed E-state index contributed by atoms with van der Waals surface area (Å²) in [5.41, 5.74) is 0.604. The van der Waals surface area contributed by atoms with Gasteiger partial charge in [-0.15, -0.1) is 0 Å². The van der Waals surface area contributed by atoms with Crippen molar-refractivity contribution in [3.63, 3.8) is 0 Å². The first-order chi connectivity index (χ1) is 8.65. The quantitative estimate of drug-likeness (QED) is 0.741. The van der Waals surface area contributed by atoms with Gasteiger partial charge in [-0.05, 0) is 32.4 Å². The fourth-order valence-electron chi connectivity index (χ4n) is 2.72. The van der Waals surface area contributed by atoms with Crippen molar-refractivity contribution >= 4 is 5.78 Å². The molecular weight excluding hydrogens is 222 g/mol. The summed E-state index contributed by atoms with van der Waals surface area (Å²) in [5.74, 6) is 0.289. The van der Waals surface area contributed by atoms with E-state index in [0.717, 1.165) is 31.6 Å². The molecule has 2 nitrogen and oxygen atoms in total. The summed E-state index contributed by atoms with van der Waals surface area (Å²) >= 11 is 0. The van der Waals surface area contributed by atoms with Gasteiger partial charge < -0.3 is 4.90 Å². The Morgan fingerprint density at radius 3 is 2.39 bits per heavy atom. The summed E-state index contributed by atoms with van der Waals surface area (Å²) in [7, 11) is 0. The second-order valence-electron chi connectivity index (χ2n) is 5.59. The van der Waals surface area contributed by atoms with Crippen molar-refractivity contribution in [2.75, 3.05) is 19.6 Å². The molecule has 0 saturated carbocycles. The second kappa shape index (κ2) is 5.66. The van der Waals surface area contributed by atoms with Crippen molar-refractivity contribution in [3.05, 3.63) is 35.9 Å². The first kappa shape index (κ1) is 13.3.